The molecule has 0 unspecified atom stereocenters. The Kier molecular flexibility index (Phi) is 8.42. The molecule has 4 atom stereocenters. The number of carboxylic acids is 1. The number of likely N-dealkylation sites (tertiary alicyclic amines) is 1. The second kappa shape index (κ2) is 11.4. The lowest BCUT2D eigenvalue weighted by Gasteiger charge is -2.52. The van der Waals surface area contributed by atoms with Gasteiger partial charge in [0.15, 0.2) is 0 Å². The number of benzene rings is 2. The zero-order valence-corrected chi connectivity index (χ0v) is 24.8. The molecule has 1 amide bonds. The third-order valence-corrected chi connectivity index (χ3v) is 11.3. The van der Waals surface area contributed by atoms with Crippen LogP contribution in [0.25, 0.3) is 0 Å². The van der Waals surface area contributed by atoms with Crippen LogP contribution in [0.5, 0.6) is 0 Å². The predicted molar refractivity (Wildman–Crippen MR) is 151 cm³/mol. The molecule has 7 nitrogen and oxygen atoms in total. The Labute approximate surface area is 248 Å². The van der Waals surface area contributed by atoms with Crippen molar-refractivity contribution >= 4 is 45.1 Å². The Morgan fingerprint density at radius 3 is 2.27 bits per heavy atom. The van der Waals surface area contributed by atoms with Crippen molar-refractivity contribution in [2.75, 3.05) is 6.54 Å². The van der Waals surface area contributed by atoms with Gasteiger partial charge in [-0.25, -0.2) is 8.42 Å². The van der Waals surface area contributed by atoms with Crippen LogP contribution in [-0.4, -0.2) is 59.0 Å². The Morgan fingerprint density at radius 2 is 1.73 bits per heavy atom. The maximum atomic E-state index is 14.5. The molecule has 1 N–H and O–H groups in total. The number of nitrogens with zero attached hydrogens (tertiary/aromatic N) is 2. The van der Waals surface area contributed by atoms with Crippen LogP contribution >= 0.6 is 23.2 Å². The van der Waals surface area contributed by atoms with E-state index in [1.54, 1.807) is 49.4 Å². The number of alkyl halides is 2. The van der Waals surface area contributed by atoms with Crippen molar-refractivity contribution in [1.82, 2.24) is 9.21 Å². The number of rotatable bonds is 11. The summed E-state index contributed by atoms with van der Waals surface area (Å²) >= 11 is 12.5. The summed E-state index contributed by atoms with van der Waals surface area (Å²) in [6.45, 7) is -2.26. The van der Waals surface area contributed by atoms with E-state index in [9.17, 15) is 31.9 Å². The Bertz CT molecular complexity index is 1420. The highest BCUT2D eigenvalue weighted by Crippen LogP contribution is 2.54. The average molecular weight is 630 g/mol. The van der Waals surface area contributed by atoms with Gasteiger partial charge in [-0.1, -0.05) is 54.4 Å². The second-order valence-electron chi connectivity index (χ2n) is 11.7. The molecule has 0 aromatic heterocycles. The number of piperidine rings is 1. The SMILES string of the molecule is C[C@]1(CC(=O)O)C[C@H](c2cccc(Cl)c2)[C@@H](c2ccc(Cl)cc2)N([C@H](CN(C(F)F)S(=O)(=O)C2CC2)C2CC2)C1=O. The zero-order valence-electron chi connectivity index (χ0n) is 22.4. The molecule has 3 fully saturated rings. The van der Waals surface area contributed by atoms with Gasteiger partial charge in [-0.3, -0.25) is 9.59 Å². The monoisotopic (exact) mass is 628 g/mol. The number of halogens is 4. The minimum Gasteiger partial charge on any atom is -0.481 e. The lowest BCUT2D eigenvalue weighted by Crippen LogP contribution is -2.59. The first kappa shape index (κ1) is 30.2. The van der Waals surface area contributed by atoms with Crippen molar-refractivity contribution in [3.8, 4) is 0 Å². The Morgan fingerprint density at radius 1 is 1.07 bits per heavy atom. The molecule has 5 rings (SSSR count). The first-order valence-corrected chi connectivity index (χ1v) is 15.9. The minimum absolute atomic E-state index is 0.165. The maximum Gasteiger partial charge on any atom is 0.307 e. The molecular formula is C29H32Cl2F2N2O5S. The van der Waals surface area contributed by atoms with Crippen LogP contribution in [0.1, 0.15) is 68.5 Å². The molecule has 3 aliphatic rings. The minimum atomic E-state index is -4.27. The van der Waals surface area contributed by atoms with E-state index in [1.165, 1.54) is 4.90 Å². The first-order valence-electron chi connectivity index (χ1n) is 13.7. The summed E-state index contributed by atoms with van der Waals surface area (Å²) in [7, 11) is -4.27. The normalized spacial score (nSPS) is 26.0. The van der Waals surface area contributed by atoms with Gasteiger partial charge in [0.2, 0.25) is 15.9 Å². The second-order valence-corrected chi connectivity index (χ2v) is 14.7. The summed E-state index contributed by atoms with van der Waals surface area (Å²) in [5.41, 5.74) is 0.0710. The number of sulfonamides is 1. The summed E-state index contributed by atoms with van der Waals surface area (Å²) in [5, 5.41) is 9.88. The molecule has 0 radical (unpaired) electrons. The standard InChI is InChI=1S/C29H32Cl2F2N2O5S/c1-29(15-25(36)37)14-23(19-3-2-4-21(31)13-19)26(18-7-9-20(30)10-8-18)35(27(29)38)24(17-5-6-17)16-34(28(32)33)41(39,40)22-11-12-22/h2-4,7-10,13,17,22-24,26,28H,5-6,11-12,14-16H2,1H3,(H,36,37)/t23-,24-,26-,29-/m1/s1. The largest absolute Gasteiger partial charge is 0.481 e. The highest BCUT2D eigenvalue weighted by molar-refractivity contribution is 7.90. The van der Waals surface area contributed by atoms with Crippen molar-refractivity contribution in [3.05, 3.63) is 69.7 Å². The van der Waals surface area contributed by atoms with E-state index in [2.05, 4.69) is 0 Å². The number of hydrogen-bond acceptors (Lipinski definition) is 4. The molecule has 222 valence electrons. The van der Waals surface area contributed by atoms with Gasteiger partial charge in [-0.2, -0.15) is 8.78 Å². The topological polar surface area (TPSA) is 95.0 Å². The summed E-state index contributed by atoms with van der Waals surface area (Å²) in [6, 6.07) is 12.4. The molecule has 1 saturated heterocycles. The fourth-order valence-electron chi connectivity index (χ4n) is 6.23. The van der Waals surface area contributed by atoms with Crippen LogP contribution in [0.15, 0.2) is 48.5 Å². The van der Waals surface area contributed by atoms with Crippen molar-refractivity contribution in [2.24, 2.45) is 11.3 Å². The van der Waals surface area contributed by atoms with Crippen LogP contribution in [0.2, 0.25) is 10.0 Å². The summed E-state index contributed by atoms with van der Waals surface area (Å²) in [5.74, 6) is -2.33. The average Bonchev–Trinajstić information content (AvgIpc) is 3.80. The molecule has 2 aromatic carbocycles. The molecule has 0 bridgehead atoms. The van der Waals surface area contributed by atoms with Crippen molar-refractivity contribution < 1.29 is 31.9 Å². The van der Waals surface area contributed by atoms with E-state index in [1.807, 2.05) is 6.07 Å². The zero-order chi connectivity index (χ0) is 29.7. The summed E-state index contributed by atoms with van der Waals surface area (Å²) < 4.78 is 55.2. The van der Waals surface area contributed by atoms with Crippen molar-refractivity contribution in [3.63, 3.8) is 0 Å². The molecule has 2 aromatic rings. The molecule has 1 aliphatic heterocycles. The van der Waals surface area contributed by atoms with E-state index >= 15 is 0 Å². The Hall–Kier alpha value is -2.27. The smallest absolute Gasteiger partial charge is 0.307 e. The third-order valence-electron chi connectivity index (χ3n) is 8.51. The fraction of sp³-hybridized carbons (Fsp3) is 0.517. The van der Waals surface area contributed by atoms with Gasteiger partial charge in [-0.15, -0.1) is 4.31 Å². The number of carbonyl (C=O) groups excluding carboxylic acids is 1. The first-order chi connectivity index (χ1) is 19.3. The summed E-state index contributed by atoms with van der Waals surface area (Å²) in [6.07, 6.45) is 1.62. The van der Waals surface area contributed by atoms with Crippen molar-refractivity contribution in [2.45, 2.75) is 75.2 Å². The highest BCUT2D eigenvalue weighted by atomic mass is 35.5. The lowest BCUT2D eigenvalue weighted by molar-refractivity contribution is -0.162. The number of amides is 1. The van der Waals surface area contributed by atoms with Crippen LogP contribution < -0.4 is 0 Å². The number of hydrogen-bond donors (Lipinski definition) is 1. The number of aliphatic carboxylic acids is 1. The van der Waals surface area contributed by atoms with E-state index in [-0.39, 0.29) is 16.6 Å². The van der Waals surface area contributed by atoms with Gasteiger partial charge in [0, 0.05) is 28.5 Å². The third kappa shape index (κ3) is 6.26. The van der Waals surface area contributed by atoms with E-state index in [4.69, 9.17) is 23.2 Å². The van der Waals surface area contributed by atoms with Crippen LogP contribution in [-0.2, 0) is 19.6 Å². The van der Waals surface area contributed by atoms with Gasteiger partial charge in [0.05, 0.1) is 23.1 Å². The van der Waals surface area contributed by atoms with Gasteiger partial charge in [-0.05, 0) is 73.4 Å². The summed E-state index contributed by atoms with van der Waals surface area (Å²) in [4.78, 5) is 28.0. The Balaban J connectivity index is 1.67. The molecular weight excluding hydrogens is 597 g/mol. The molecule has 0 spiro atoms. The molecule has 1 heterocycles. The van der Waals surface area contributed by atoms with E-state index in [0.29, 0.717) is 41.3 Å². The van der Waals surface area contributed by atoms with Crippen molar-refractivity contribution in [1.29, 1.82) is 0 Å². The predicted octanol–water partition coefficient (Wildman–Crippen LogP) is 6.33. The molecule has 12 heteroatoms. The van der Waals surface area contributed by atoms with Gasteiger partial charge < -0.3 is 10.0 Å². The lowest BCUT2D eigenvalue weighted by atomic mass is 9.67. The molecule has 2 saturated carbocycles. The van der Waals surface area contributed by atoms with Gasteiger partial charge >= 0.3 is 12.5 Å². The van der Waals surface area contributed by atoms with E-state index < -0.39 is 70.1 Å². The number of carboxylic acid groups (broad SMARTS) is 1. The van der Waals surface area contributed by atoms with Crippen LogP contribution in [0.4, 0.5) is 8.78 Å². The number of carbonyl (C=O) groups is 2. The van der Waals surface area contributed by atoms with Gasteiger partial charge in [0.25, 0.3) is 0 Å². The highest BCUT2D eigenvalue weighted by Gasteiger charge is 2.56. The van der Waals surface area contributed by atoms with Crippen LogP contribution in [0.3, 0.4) is 0 Å². The van der Waals surface area contributed by atoms with Gasteiger partial charge in [0.1, 0.15) is 0 Å². The molecule has 2 aliphatic carbocycles. The maximum absolute atomic E-state index is 14.5. The van der Waals surface area contributed by atoms with Crippen LogP contribution in [0, 0.1) is 11.3 Å². The quantitative estimate of drug-likeness (QED) is 0.294. The molecule has 41 heavy (non-hydrogen) atoms. The van der Waals surface area contributed by atoms with E-state index in [0.717, 1.165) is 5.56 Å². The fourth-order valence-corrected chi connectivity index (χ4v) is 8.25.